The molecule has 0 spiro atoms. The van der Waals surface area contributed by atoms with Crippen LogP contribution in [0, 0.1) is 16.7 Å². The summed E-state index contributed by atoms with van der Waals surface area (Å²) in [7, 11) is 1.51. The minimum absolute atomic E-state index is 0.0161. The summed E-state index contributed by atoms with van der Waals surface area (Å²) in [4.78, 5) is 33.0. The van der Waals surface area contributed by atoms with Crippen molar-refractivity contribution in [2.24, 2.45) is 4.99 Å². The number of hydrogen-bond donors (Lipinski definition) is 1. The van der Waals surface area contributed by atoms with E-state index in [1.165, 1.54) is 31.0 Å². The minimum Gasteiger partial charge on any atom is -0.495 e. The van der Waals surface area contributed by atoms with Crippen LogP contribution >= 0.6 is 35.0 Å². The Morgan fingerprint density at radius 2 is 1.95 bits per heavy atom. The number of para-hydroxylation sites is 2. The topological polar surface area (TPSA) is 98.2 Å². The number of thioether (sulfide) groups is 1. The van der Waals surface area contributed by atoms with Gasteiger partial charge in [0, 0.05) is 33.6 Å². The Kier molecular flexibility index (Phi) is 8.92. The lowest BCUT2D eigenvalue weighted by atomic mass is 9.82. The number of nitrogens with one attached hydrogen (secondary N) is 1. The Morgan fingerprint density at radius 1 is 1.18 bits per heavy atom. The number of non-ortho nitro benzene ring substituents is 1. The molecule has 3 aromatic rings. The highest BCUT2D eigenvalue weighted by molar-refractivity contribution is 8.13. The fraction of sp³-hybridized carbons (Fsp3) is 0.179. The molecule has 11 heteroatoms. The maximum Gasteiger partial charge on any atom is 0.282 e. The van der Waals surface area contributed by atoms with Gasteiger partial charge in [0.25, 0.3) is 17.6 Å². The van der Waals surface area contributed by atoms with Crippen LogP contribution in [0.4, 0.5) is 11.4 Å². The highest BCUT2D eigenvalue weighted by Gasteiger charge is 2.44. The third kappa shape index (κ3) is 6.25. The maximum absolute atomic E-state index is 13.7. The van der Waals surface area contributed by atoms with E-state index >= 15 is 0 Å². The Hall–Kier alpha value is -3.84. The van der Waals surface area contributed by atoms with Gasteiger partial charge >= 0.3 is 0 Å². The van der Waals surface area contributed by atoms with E-state index in [1.807, 2.05) is 0 Å². The number of nitro benzene ring substituents is 1. The lowest BCUT2D eigenvalue weighted by Gasteiger charge is -2.28. The average Bonchev–Trinajstić information content (AvgIpc) is 2.92. The summed E-state index contributed by atoms with van der Waals surface area (Å²) in [5, 5.41) is 15.3. The number of hydrogen-bond acceptors (Lipinski definition) is 6. The van der Waals surface area contributed by atoms with Crippen molar-refractivity contribution in [1.82, 2.24) is 0 Å². The zero-order chi connectivity index (χ0) is 28.1. The van der Waals surface area contributed by atoms with Gasteiger partial charge in [-0.3, -0.25) is 14.9 Å². The number of benzene rings is 3. The monoisotopic (exact) mass is 580 g/mol. The van der Waals surface area contributed by atoms with Crippen molar-refractivity contribution >= 4 is 57.3 Å². The van der Waals surface area contributed by atoms with Gasteiger partial charge in [0.05, 0.1) is 29.2 Å². The first-order valence-corrected chi connectivity index (χ1v) is 13.4. The van der Waals surface area contributed by atoms with Crippen molar-refractivity contribution in [3.05, 3.63) is 121 Å². The minimum atomic E-state index is -0.866. The summed E-state index contributed by atoms with van der Waals surface area (Å²) >= 11 is 14.1. The zero-order valence-electron chi connectivity index (χ0n) is 20.9. The molecule has 3 aromatic carbocycles. The molecule has 198 valence electrons. The Morgan fingerprint density at radius 3 is 2.64 bits per heavy atom. The predicted octanol–water partition coefficient (Wildman–Crippen LogP) is 7.54. The number of rotatable bonds is 7. The molecule has 1 aliphatic rings. The molecule has 0 aromatic heterocycles. The second kappa shape index (κ2) is 12.3. The lowest BCUT2D eigenvalue weighted by Crippen LogP contribution is -2.34. The molecule has 1 heterocycles. The number of ether oxygens (including phenoxy) is 1. The Bertz CT molecular complexity index is 1550. The van der Waals surface area contributed by atoms with Gasteiger partial charge in [0.1, 0.15) is 5.75 Å². The van der Waals surface area contributed by atoms with E-state index in [-0.39, 0.29) is 5.69 Å². The van der Waals surface area contributed by atoms with Crippen LogP contribution in [0.3, 0.4) is 0 Å². The van der Waals surface area contributed by atoms with Gasteiger partial charge in [0.15, 0.2) is 5.04 Å². The second-order valence-corrected chi connectivity index (χ2v) is 10.4. The molecule has 0 saturated carbocycles. The van der Waals surface area contributed by atoms with Gasteiger partial charge in [-0.05, 0) is 42.3 Å². The van der Waals surface area contributed by atoms with Crippen LogP contribution in [0.25, 0.3) is 4.85 Å². The van der Waals surface area contributed by atoms with Crippen LogP contribution in [0.2, 0.25) is 10.0 Å². The summed E-state index contributed by atoms with van der Waals surface area (Å²) in [6, 6.07) is 17.4. The van der Waals surface area contributed by atoms with Crippen LogP contribution in [-0.2, 0) is 10.5 Å². The summed E-state index contributed by atoms with van der Waals surface area (Å²) < 4.78 is 5.37. The Balaban J connectivity index is 1.76. The van der Waals surface area contributed by atoms with E-state index in [1.54, 1.807) is 61.5 Å². The SMILES string of the molecule is [C-]#[N+]C1C(SCc2cccc([N+](=O)[O-])c2)=NC(C)=C(C(=O)Nc2ccccc2OC)C1c1ccc(Cl)cc1Cl. The predicted molar refractivity (Wildman–Crippen MR) is 156 cm³/mol. The molecule has 0 aliphatic carbocycles. The number of allylic oxidation sites excluding steroid dienone is 1. The summed E-state index contributed by atoms with van der Waals surface area (Å²) in [6.45, 7) is 9.78. The molecule has 39 heavy (non-hydrogen) atoms. The molecule has 1 amide bonds. The van der Waals surface area contributed by atoms with Gasteiger partial charge < -0.3 is 14.9 Å². The molecular formula is C28H22Cl2N4O4S. The molecule has 0 fully saturated rings. The van der Waals surface area contributed by atoms with E-state index < -0.39 is 22.8 Å². The van der Waals surface area contributed by atoms with Gasteiger partial charge in [-0.25, -0.2) is 11.6 Å². The number of methoxy groups -OCH3 is 1. The van der Waals surface area contributed by atoms with E-state index in [0.29, 0.717) is 54.7 Å². The molecule has 0 radical (unpaired) electrons. The third-order valence-corrected chi connectivity index (χ3v) is 7.76. The summed E-state index contributed by atoms with van der Waals surface area (Å²) in [5.74, 6) is -0.344. The average molecular weight is 581 g/mol. The summed E-state index contributed by atoms with van der Waals surface area (Å²) in [6.07, 6.45) is 0. The molecule has 0 saturated heterocycles. The molecule has 0 bridgehead atoms. The molecule has 4 rings (SSSR count). The van der Waals surface area contributed by atoms with Crippen molar-refractivity contribution in [2.45, 2.75) is 24.6 Å². The molecule has 8 nitrogen and oxygen atoms in total. The van der Waals surface area contributed by atoms with Gasteiger partial charge in [0.2, 0.25) is 0 Å². The Labute approximate surface area is 239 Å². The quantitative estimate of drug-likeness (QED) is 0.177. The first-order valence-electron chi connectivity index (χ1n) is 11.6. The first kappa shape index (κ1) is 28.2. The van der Waals surface area contributed by atoms with Crippen molar-refractivity contribution in [1.29, 1.82) is 0 Å². The van der Waals surface area contributed by atoms with E-state index in [2.05, 4.69) is 15.2 Å². The highest BCUT2D eigenvalue weighted by Crippen LogP contribution is 2.43. The molecule has 2 atom stereocenters. The van der Waals surface area contributed by atoms with E-state index in [0.717, 1.165) is 0 Å². The van der Waals surface area contributed by atoms with Crippen LogP contribution in [0.1, 0.15) is 24.0 Å². The molecule has 2 unspecified atom stereocenters. The highest BCUT2D eigenvalue weighted by atomic mass is 35.5. The number of nitrogens with zero attached hydrogens (tertiary/aromatic N) is 3. The van der Waals surface area contributed by atoms with Crippen LogP contribution in [-0.4, -0.2) is 29.0 Å². The number of carbonyl (C=O) groups is 1. The summed E-state index contributed by atoms with van der Waals surface area (Å²) in [5.41, 5.74) is 2.46. The van der Waals surface area contributed by atoms with Crippen LogP contribution in [0.5, 0.6) is 5.75 Å². The third-order valence-electron chi connectivity index (χ3n) is 6.09. The number of halogens is 2. The first-order chi connectivity index (χ1) is 18.7. The molecule has 1 aliphatic heterocycles. The van der Waals surface area contributed by atoms with Crippen LogP contribution < -0.4 is 10.1 Å². The van der Waals surface area contributed by atoms with E-state index in [4.69, 9.17) is 34.5 Å². The lowest BCUT2D eigenvalue weighted by molar-refractivity contribution is -0.384. The standard InChI is InChI=1S/C28H22Cl2N4O4S/c1-16-24(27(35)33-22-9-4-5-10-23(22)38-3)25(20-12-11-18(29)14-21(20)30)26(31-2)28(32-16)39-15-17-7-6-8-19(13-17)34(36)37/h4-14,25-26H,15H2,1,3H3,(H,33,35). The van der Waals surface area contributed by atoms with Crippen molar-refractivity contribution in [3.8, 4) is 5.75 Å². The fourth-order valence-corrected chi connectivity index (χ4v) is 5.89. The van der Waals surface area contributed by atoms with Crippen molar-refractivity contribution < 1.29 is 14.5 Å². The number of aliphatic imine (C=N–C) groups is 1. The normalized spacial score (nSPS) is 16.7. The van der Waals surface area contributed by atoms with Gasteiger partial charge in [-0.1, -0.05) is 65.3 Å². The maximum atomic E-state index is 13.7. The molecular weight excluding hydrogens is 559 g/mol. The second-order valence-electron chi connectivity index (χ2n) is 8.54. The van der Waals surface area contributed by atoms with Crippen molar-refractivity contribution in [2.75, 3.05) is 12.4 Å². The smallest absolute Gasteiger partial charge is 0.282 e. The van der Waals surface area contributed by atoms with Gasteiger partial charge in [-0.15, -0.1) is 0 Å². The van der Waals surface area contributed by atoms with E-state index in [9.17, 15) is 14.9 Å². The largest absolute Gasteiger partial charge is 0.495 e. The van der Waals surface area contributed by atoms with Gasteiger partial charge in [-0.2, -0.15) is 0 Å². The number of amides is 1. The number of nitro groups is 1. The number of anilines is 1. The fourth-order valence-electron chi connectivity index (χ4n) is 4.30. The number of carbonyl (C=O) groups excluding carboxylic acids is 1. The van der Waals surface area contributed by atoms with Crippen LogP contribution in [0.15, 0.2) is 83.0 Å². The zero-order valence-corrected chi connectivity index (χ0v) is 23.2. The van der Waals surface area contributed by atoms with Crippen molar-refractivity contribution in [3.63, 3.8) is 0 Å². The molecule has 1 N–H and O–H groups in total.